The van der Waals surface area contributed by atoms with Crippen LogP contribution in [0.5, 0.6) is 5.75 Å². The van der Waals surface area contributed by atoms with Gasteiger partial charge in [0.1, 0.15) is 5.75 Å². The number of hydrogen-bond acceptors (Lipinski definition) is 4. The SMILES string of the molecule is COc1cccc(-n2ncc(N3CCC(N)CC3)c2C(C)C)c1. The van der Waals surface area contributed by atoms with Crippen LogP contribution in [0.4, 0.5) is 5.69 Å². The first kappa shape index (κ1) is 15.9. The Hall–Kier alpha value is -2.01. The number of piperidine rings is 1. The third kappa shape index (κ3) is 3.20. The normalized spacial score (nSPS) is 16.1. The number of anilines is 1. The van der Waals surface area contributed by atoms with Gasteiger partial charge in [0.25, 0.3) is 0 Å². The van der Waals surface area contributed by atoms with E-state index in [9.17, 15) is 0 Å². The van der Waals surface area contributed by atoms with Gasteiger partial charge >= 0.3 is 0 Å². The summed E-state index contributed by atoms with van der Waals surface area (Å²) in [5, 5.41) is 4.67. The Bertz CT molecular complexity index is 657. The van der Waals surface area contributed by atoms with Gasteiger partial charge in [-0.2, -0.15) is 5.10 Å². The van der Waals surface area contributed by atoms with Gasteiger partial charge in [-0.3, -0.25) is 0 Å². The minimum absolute atomic E-state index is 0.335. The molecule has 2 N–H and O–H groups in total. The Balaban J connectivity index is 1.98. The van der Waals surface area contributed by atoms with E-state index in [1.807, 2.05) is 29.1 Å². The molecule has 0 atom stereocenters. The minimum atomic E-state index is 0.335. The Labute approximate surface area is 138 Å². The molecule has 0 bridgehead atoms. The van der Waals surface area contributed by atoms with E-state index in [0.717, 1.165) is 37.4 Å². The van der Waals surface area contributed by atoms with E-state index in [1.165, 1.54) is 11.4 Å². The summed E-state index contributed by atoms with van der Waals surface area (Å²) in [5.74, 6) is 1.23. The molecule has 1 aliphatic heterocycles. The van der Waals surface area contributed by atoms with Crippen molar-refractivity contribution in [3.05, 3.63) is 36.2 Å². The number of nitrogens with two attached hydrogens (primary N) is 1. The van der Waals surface area contributed by atoms with Crippen molar-refractivity contribution in [2.75, 3.05) is 25.1 Å². The number of benzene rings is 1. The average Bonchev–Trinajstić information content (AvgIpc) is 3.01. The zero-order valence-corrected chi connectivity index (χ0v) is 14.2. The highest BCUT2D eigenvalue weighted by molar-refractivity contribution is 5.55. The van der Waals surface area contributed by atoms with Crippen LogP contribution in [-0.2, 0) is 0 Å². The fourth-order valence-electron chi connectivity index (χ4n) is 3.22. The third-order valence-electron chi connectivity index (χ3n) is 4.51. The Morgan fingerprint density at radius 1 is 1.26 bits per heavy atom. The molecule has 0 saturated carbocycles. The standard InChI is InChI=1S/C18H26N4O/c1-13(2)18-17(21-9-7-14(19)8-10-21)12-20-22(18)15-5-4-6-16(11-15)23-3/h4-6,11-14H,7-10,19H2,1-3H3. The average molecular weight is 314 g/mol. The largest absolute Gasteiger partial charge is 0.497 e. The van der Waals surface area contributed by atoms with Gasteiger partial charge in [0.2, 0.25) is 0 Å². The van der Waals surface area contributed by atoms with E-state index in [4.69, 9.17) is 10.5 Å². The Morgan fingerprint density at radius 2 is 2.00 bits per heavy atom. The number of aromatic nitrogens is 2. The van der Waals surface area contributed by atoms with Crippen LogP contribution >= 0.6 is 0 Å². The van der Waals surface area contributed by atoms with E-state index in [2.05, 4.69) is 29.9 Å². The van der Waals surface area contributed by atoms with Crippen molar-refractivity contribution in [3.8, 4) is 11.4 Å². The highest BCUT2D eigenvalue weighted by atomic mass is 16.5. The summed E-state index contributed by atoms with van der Waals surface area (Å²) >= 11 is 0. The highest BCUT2D eigenvalue weighted by Crippen LogP contribution is 2.32. The van der Waals surface area contributed by atoms with Crippen molar-refractivity contribution in [1.82, 2.24) is 9.78 Å². The molecule has 1 aromatic carbocycles. The third-order valence-corrected chi connectivity index (χ3v) is 4.51. The molecule has 1 aromatic heterocycles. The number of rotatable bonds is 4. The zero-order valence-electron chi connectivity index (χ0n) is 14.2. The molecule has 1 saturated heterocycles. The van der Waals surface area contributed by atoms with Crippen LogP contribution in [-0.4, -0.2) is 36.0 Å². The lowest BCUT2D eigenvalue weighted by Crippen LogP contribution is -2.40. The van der Waals surface area contributed by atoms with Crippen LogP contribution in [0.25, 0.3) is 5.69 Å². The van der Waals surface area contributed by atoms with Crippen molar-refractivity contribution in [1.29, 1.82) is 0 Å². The monoisotopic (exact) mass is 314 g/mol. The molecule has 1 fully saturated rings. The molecule has 124 valence electrons. The van der Waals surface area contributed by atoms with Gasteiger partial charge in [-0.25, -0.2) is 4.68 Å². The molecule has 0 spiro atoms. The van der Waals surface area contributed by atoms with Crippen LogP contribution in [0.2, 0.25) is 0 Å². The Morgan fingerprint density at radius 3 is 2.65 bits per heavy atom. The molecule has 2 heterocycles. The first-order chi connectivity index (χ1) is 11.1. The van der Waals surface area contributed by atoms with Gasteiger partial charge < -0.3 is 15.4 Å². The van der Waals surface area contributed by atoms with Crippen LogP contribution in [0.15, 0.2) is 30.5 Å². The first-order valence-corrected chi connectivity index (χ1v) is 8.33. The van der Waals surface area contributed by atoms with Gasteiger partial charge in [-0.1, -0.05) is 19.9 Å². The van der Waals surface area contributed by atoms with Crippen LogP contribution in [0.3, 0.4) is 0 Å². The second kappa shape index (κ2) is 6.62. The number of nitrogens with zero attached hydrogens (tertiary/aromatic N) is 3. The summed E-state index contributed by atoms with van der Waals surface area (Å²) in [6.45, 7) is 6.44. The van der Waals surface area contributed by atoms with Gasteiger partial charge in [0, 0.05) is 25.2 Å². The van der Waals surface area contributed by atoms with Gasteiger partial charge in [0.05, 0.1) is 30.4 Å². The summed E-state index contributed by atoms with van der Waals surface area (Å²) in [4.78, 5) is 2.42. The topological polar surface area (TPSA) is 56.3 Å². The van der Waals surface area contributed by atoms with Crippen molar-refractivity contribution < 1.29 is 4.74 Å². The molecule has 2 aromatic rings. The van der Waals surface area contributed by atoms with E-state index in [1.54, 1.807) is 7.11 Å². The highest BCUT2D eigenvalue weighted by Gasteiger charge is 2.23. The van der Waals surface area contributed by atoms with Crippen LogP contribution in [0.1, 0.15) is 38.3 Å². The number of methoxy groups -OCH3 is 1. The lowest BCUT2D eigenvalue weighted by atomic mass is 10.0. The molecule has 5 nitrogen and oxygen atoms in total. The second-order valence-electron chi connectivity index (χ2n) is 6.51. The minimum Gasteiger partial charge on any atom is -0.497 e. The van der Waals surface area contributed by atoms with E-state index < -0.39 is 0 Å². The quantitative estimate of drug-likeness (QED) is 0.943. The fraction of sp³-hybridized carbons (Fsp3) is 0.500. The van der Waals surface area contributed by atoms with Crippen molar-refractivity contribution in [3.63, 3.8) is 0 Å². The molecule has 5 heteroatoms. The maximum absolute atomic E-state index is 6.04. The lowest BCUT2D eigenvalue weighted by molar-refractivity contribution is 0.414. The molecular formula is C18H26N4O. The second-order valence-corrected chi connectivity index (χ2v) is 6.51. The lowest BCUT2D eigenvalue weighted by Gasteiger charge is -2.32. The maximum atomic E-state index is 6.04. The van der Waals surface area contributed by atoms with E-state index >= 15 is 0 Å². The van der Waals surface area contributed by atoms with E-state index in [-0.39, 0.29) is 0 Å². The number of ether oxygens (including phenoxy) is 1. The summed E-state index contributed by atoms with van der Waals surface area (Å²) in [7, 11) is 1.69. The molecule has 1 aliphatic rings. The van der Waals surface area contributed by atoms with Crippen LogP contribution < -0.4 is 15.4 Å². The predicted molar refractivity (Wildman–Crippen MR) is 93.6 cm³/mol. The van der Waals surface area contributed by atoms with Crippen molar-refractivity contribution in [2.24, 2.45) is 5.73 Å². The summed E-state index contributed by atoms with van der Waals surface area (Å²) < 4.78 is 7.38. The van der Waals surface area contributed by atoms with Crippen molar-refractivity contribution >= 4 is 5.69 Å². The zero-order chi connectivity index (χ0) is 16.4. The first-order valence-electron chi connectivity index (χ1n) is 8.33. The fourth-order valence-corrected chi connectivity index (χ4v) is 3.22. The van der Waals surface area contributed by atoms with Crippen molar-refractivity contribution in [2.45, 2.75) is 38.6 Å². The summed E-state index contributed by atoms with van der Waals surface area (Å²) in [6, 6.07) is 8.38. The van der Waals surface area contributed by atoms with Gasteiger partial charge in [-0.05, 0) is 30.9 Å². The molecular weight excluding hydrogens is 288 g/mol. The summed E-state index contributed by atoms with van der Waals surface area (Å²) in [5.41, 5.74) is 9.55. The van der Waals surface area contributed by atoms with Gasteiger partial charge in [0.15, 0.2) is 0 Å². The van der Waals surface area contributed by atoms with Crippen LogP contribution in [0, 0.1) is 0 Å². The molecule has 0 radical (unpaired) electrons. The van der Waals surface area contributed by atoms with E-state index in [0.29, 0.717) is 12.0 Å². The molecule has 23 heavy (non-hydrogen) atoms. The molecule has 0 aliphatic carbocycles. The van der Waals surface area contributed by atoms with Gasteiger partial charge in [-0.15, -0.1) is 0 Å². The Kier molecular flexibility index (Phi) is 4.57. The summed E-state index contributed by atoms with van der Waals surface area (Å²) in [6.07, 6.45) is 4.08. The smallest absolute Gasteiger partial charge is 0.121 e. The molecule has 3 rings (SSSR count). The predicted octanol–water partition coefficient (Wildman–Crippen LogP) is 2.93. The maximum Gasteiger partial charge on any atom is 0.121 e. The number of hydrogen-bond donors (Lipinski definition) is 1. The molecule has 0 amide bonds. The molecule has 0 unspecified atom stereocenters.